The van der Waals surface area contributed by atoms with Crippen molar-refractivity contribution in [3.05, 3.63) is 29.3 Å². The number of rotatable bonds is 6. The molecule has 0 unspecified atom stereocenters. The van der Waals surface area contributed by atoms with E-state index in [4.69, 9.17) is 21.1 Å². The number of esters is 1. The molecular formula is C18H24ClNO4. The lowest BCUT2D eigenvalue weighted by Gasteiger charge is -2.34. The second-order valence-corrected chi connectivity index (χ2v) is 6.78. The molecule has 1 aromatic carbocycles. The molecule has 0 radical (unpaired) electrons. The van der Waals surface area contributed by atoms with Gasteiger partial charge < -0.3 is 14.8 Å². The third kappa shape index (κ3) is 5.71. The number of ether oxygens (including phenoxy) is 2. The minimum absolute atomic E-state index is 0.158. The number of nitrogens with one attached hydrogen (secondary N) is 1. The molecule has 1 aliphatic carbocycles. The van der Waals surface area contributed by atoms with Crippen molar-refractivity contribution in [2.45, 2.75) is 39.2 Å². The Hall–Kier alpha value is -1.75. The lowest BCUT2D eigenvalue weighted by atomic mass is 9.78. The molecular weight excluding hydrogens is 330 g/mol. The van der Waals surface area contributed by atoms with Gasteiger partial charge in [-0.25, -0.2) is 4.79 Å². The predicted molar refractivity (Wildman–Crippen MR) is 92.0 cm³/mol. The van der Waals surface area contributed by atoms with Crippen molar-refractivity contribution in [2.24, 2.45) is 11.8 Å². The Balaban J connectivity index is 1.67. The van der Waals surface area contributed by atoms with Crippen LogP contribution >= 0.6 is 11.6 Å². The van der Waals surface area contributed by atoms with Crippen molar-refractivity contribution in [1.82, 2.24) is 5.32 Å². The number of benzene rings is 1. The first-order valence-corrected chi connectivity index (χ1v) is 8.67. The van der Waals surface area contributed by atoms with Crippen LogP contribution in [0.5, 0.6) is 5.75 Å². The molecule has 2 rings (SSSR count). The summed E-state index contributed by atoms with van der Waals surface area (Å²) in [6.45, 7) is 3.84. The van der Waals surface area contributed by atoms with Crippen molar-refractivity contribution < 1.29 is 19.1 Å². The molecule has 24 heavy (non-hydrogen) atoms. The molecule has 5 nitrogen and oxygen atoms in total. The Morgan fingerprint density at radius 2 is 1.88 bits per heavy atom. The van der Waals surface area contributed by atoms with Gasteiger partial charge in [0.05, 0.1) is 0 Å². The van der Waals surface area contributed by atoms with Gasteiger partial charge in [0, 0.05) is 11.1 Å². The first-order chi connectivity index (χ1) is 11.5. The van der Waals surface area contributed by atoms with Gasteiger partial charge in [0.15, 0.2) is 13.2 Å². The molecule has 6 heteroatoms. The van der Waals surface area contributed by atoms with Crippen LogP contribution in [-0.4, -0.2) is 31.1 Å². The van der Waals surface area contributed by atoms with Gasteiger partial charge in [0.25, 0.3) is 5.91 Å². The number of halogens is 1. The zero-order valence-electron chi connectivity index (χ0n) is 14.1. The largest absolute Gasteiger partial charge is 0.482 e. The summed E-state index contributed by atoms with van der Waals surface area (Å²) < 4.78 is 10.2. The maximum atomic E-state index is 11.9. The van der Waals surface area contributed by atoms with Crippen LogP contribution in [0, 0.1) is 11.8 Å². The molecule has 3 atom stereocenters. The minimum Gasteiger partial charge on any atom is -0.482 e. The monoisotopic (exact) mass is 353 g/mol. The van der Waals surface area contributed by atoms with Crippen LogP contribution in [0.4, 0.5) is 0 Å². The van der Waals surface area contributed by atoms with Gasteiger partial charge in [-0.1, -0.05) is 38.3 Å². The molecule has 1 amide bonds. The Morgan fingerprint density at radius 1 is 1.17 bits per heavy atom. The number of hydrogen-bond acceptors (Lipinski definition) is 4. The molecule has 0 saturated heterocycles. The number of carbonyl (C=O) groups is 2. The Labute approximate surface area is 147 Å². The van der Waals surface area contributed by atoms with Gasteiger partial charge in [-0.2, -0.15) is 0 Å². The summed E-state index contributed by atoms with van der Waals surface area (Å²) in [7, 11) is 0. The summed E-state index contributed by atoms with van der Waals surface area (Å²) in [4.78, 5) is 23.6. The second-order valence-electron chi connectivity index (χ2n) is 6.34. The maximum absolute atomic E-state index is 11.9. The van der Waals surface area contributed by atoms with Gasteiger partial charge in [-0.15, -0.1) is 0 Å². The van der Waals surface area contributed by atoms with Gasteiger partial charge in [0.2, 0.25) is 0 Å². The van der Waals surface area contributed by atoms with Crippen molar-refractivity contribution in [1.29, 1.82) is 0 Å². The minimum atomic E-state index is -0.579. The second kappa shape index (κ2) is 8.92. The molecule has 0 aromatic heterocycles. The van der Waals surface area contributed by atoms with E-state index in [1.54, 1.807) is 24.3 Å². The van der Waals surface area contributed by atoms with E-state index in [0.29, 0.717) is 22.6 Å². The molecule has 0 heterocycles. The summed E-state index contributed by atoms with van der Waals surface area (Å²) in [5, 5.41) is 3.55. The van der Waals surface area contributed by atoms with Gasteiger partial charge in [-0.3, -0.25) is 4.79 Å². The zero-order valence-corrected chi connectivity index (χ0v) is 14.8. The van der Waals surface area contributed by atoms with Crippen molar-refractivity contribution in [2.75, 3.05) is 13.2 Å². The topological polar surface area (TPSA) is 64.6 Å². The number of amides is 1. The van der Waals surface area contributed by atoms with Crippen LogP contribution in [0.15, 0.2) is 24.3 Å². The number of hydrogen-bond donors (Lipinski definition) is 1. The Bertz CT molecular complexity index is 561. The summed E-state index contributed by atoms with van der Waals surface area (Å²) >= 11 is 5.77. The lowest BCUT2D eigenvalue weighted by Crippen LogP contribution is -2.45. The lowest BCUT2D eigenvalue weighted by molar-refractivity contribution is -0.150. The zero-order chi connectivity index (χ0) is 17.5. The Kier molecular flexibility index (Phi) is 6.91. The van der Waals surface area contributed by atoms with Crippen LogP contribution in [0.25, 0.3) is 0 Å². The standard InChI is InChI=1S/C18H24ClNO4/c1-12-4-3-5-16(13(12)2)20-17(21)10-24-18(22)11-23-15-8-6-14(19)7-9-15/h6-9,12-13,16H,3-5,10-11H2,1-2H3,(H,20,21)/t12-,13+,16-/m1/s1. The molecule has 1 N–H and O–H groups in total. The van der Waals surface area contributed by atoms with Gasteiger partial charge >= 0.3 is 5.97 Å². The molecule has 1 saturated carbocycles. The van der Waals surface area contributed by atoms with Gasteiger partial charge in [-0.05, 0) is 42.5 Å². The van der Waals surface area contributed by atoms with E-state index in [2.05, 4.69) is 19.2 Å². The molecule has 0 bridgehead atoms. The highest BCUT2D eigenvalue weighted by Crippen LogP contribution is 2.29. The van der Waals surface area contributed by atoms with Gasteiger partial charge in [0.1, 0.15) is 5.75 Å². The van der Waals surface area contributed by atoms with E-state index in [-0.39, 0.29) is 25.2 Å². The molecule has 1 aliphatic rings. The highest BCUT2D eigenvalue weighted by molar-refractivity contribution is 6.30. The third-order valence-electron chi connectivity index (χ3n) is 4.59. The SMILES string of the molecule is C[C@H]1[C@H](C)CCC[C@H]1NC(=O)COC(=O)COc1ccc(Cl)cc1. The summed E-state index contributed by atoms with van der Waals surface area (Å²) in [6.07, 6.45) is 3.29. The molecule has 0 spiro atoms. The first-order valence-electron chi connectivity index (χ1n) is 8.29. The van der Waals surface area contributed by atoms with E-state index in [1.165, 1.54) is 6.42 Å². The highest BCUT2D eigenvalue weighted by atomic mass is 35.5. The summed E-state index contributed by atoms with van der Waals surface area (Å²) in [5.74, 6) is 0.711. The Morgan fingerprint density at radius 3 is 2.58 bits per heavy atom. The molecule has 1 fully saturated rings. The summed E-state index contributed by atoms with van der Waals surface area (Å²) in [5.41, 5.74) is 0. The fraction of sp³-hybridized carbons (Fsp3) is 0.556. The molecule has 1 aromatic rings. The number of carbonyl (C=O) groups excluding carboxylic acids is 2. The quantitative estimate of drug-likeness (QED) is 0.797. The third-order valence-corrected chi connectivity index (χ3v) is 4.84. The van der Waals surface area contributed by atoms with Crippen molar-refractivity contribution >= 4 is 23.5 Å². The molecule has 132 valence electrons. The predicted octanol–water partition coefficient (Wildman–Crippen LogP) is 3.20. The van der Waals surface area contributed by atoms with E-state index in [1.807, 2.05) is 0 Å². The first kappa shape index (κ1) is 18.6. The van der Waals surface area contributed by atoms with Crippen LogP contribution in [0.2, 0.25) is 5.02 Å². The average Bonchev–Trinajstić information content (AvgIpc) is 2.56. The normalized spacial score (nSPS) is 23.4. The smallest absolute Gasteiger partial charge is 0.344 e. The van der Waals surface area contributed by atoms with Crippen LogP contribution in [0.1, 0.15) is 33.1 Å². The van der Waals surface area contributed by atoms with Crippen LogP contribution < -0.4 is 10.1 Å². The van der Waals surface area contributed by atoms with E-state index in [0.717, 1.165) is 12.8 Å². The van der Waals surface area contributed by atoms with E-state index >= 15 is 0 Å². The van der Waals surface area contributed by atoms with Crippen LogP contribution in [0.3, 0.4) is 0 Å². The van der Waals surface area contributed by atoms with Crippen molar-refractivity contribution in [3.8, 4) is 5.75 Å². The highest BCUT2D eigenvalue weighted by Gasteiger charge is 2.28. The van der Waals surface area contributed by atoms with E-state index in [9.17, 15) is 9.59 Å². The summed E-state index contributed by atoms with van der Waals surface area (Å²) in [6, 6.07) is 6.82. The molecule has 0 aliphatic heterocycles. The van der Waals surface area contributed by atoms with E-state index < -0.39 is 5.97 Å². The maximum Gasteiger partial charge on any atom is 0.344 e. The van der Waals surface area contributed by atoms with Crippen LogP contribution in [-0.2, 0) is 14.3 Å². The fourth-order valence-corrected chi connectivity index (χ4v) is 3.02. The van der Waals surface area contributed by atoms with Crippen molar-refractivity contribution in [3.63, 3.8) is 0 Å². The fourth-order valence-electron chi connectivity index (χ4n) is 2.89. The average molecular weight is 354 g/mol.